The molecule has 0 radical (unpaired) electrons. The van der Waals surface area contributed by atoms with Crippen LogP contribution in [0.1, 0.15) is 42.5 Å². The molecule has 4 unspecified atom stereocenters. The minimum Gasteiger partial charge on any atom is -0.362 e. The van der Waals surface area contributed by atoms with Gasteiger partial charge in [-0.05, 0) is 50.0 Å². The van der Waals surface area contributed by atoms with Crippen LogP contribution < -0.4 is 5.32 Å². The number of alkyl halides is 2. The number of anilines is 1. The zero-order valence-corrected chi connectivity index (χ0v) is 15.5. The number of halogens is 4. The highest BCUT2D eigenvalue weighted by Gasteiger charge is 2.56. The van der Waals surface area contributed by atoms with Crippen molar-refractivity contribution in [3.05, 3.63) is 29.3 Å². The van der Waals surface area contributed by atoms with E-state index in [2.05, 4.69) is 5.32 Å². The molecule has 1 aromatic carbocycles. The van der Waals surface area contributed by atoms with E-state index >= 15 is 0 Å². The minimum atomic E-state index is -2.15. The summed E-state index contributed by atoms with van der Waals surface area (Å²) in [5.74, 6) is -3.33. The second kappa shape index (κ2) is 6.42. The number of carbonyl (C=O) groups excluding carboxylic acids is 2. The predicted molar refractivity (Wildman–Crippen MR) is 93.5 cm³/mol. The van der Waals surface area contributed by atoms with Crippen molar-refractivity contribution in [2.24, 2.45) is 11.8 Å². The summed E-state index contributed by atoms with van der Waals surface area (Å²) >= 11 is 0. The van der Waals surface area contributed by atoms with E-state index in [1.165, 1.54) is 0 Å². The summed E-state index contributed by atoms with van der Waals surface area (Å²) in [6.07, 6.45) is 0.0135. The Kier molecular flexibility index (Phi) is 4.17. The third kappa shape index (κ3) is 2.93. The molecule has 0 spiro atoms. The van der Waals surface area contributed by atoms with Gasteiger partial charge in [-0.2, -0.15) is 0 Å². The molecule has 3 saturated heterocycles. The smallest absolute Gasteiger partial charge is 0.258 e. The molecule has 156 valence electrons. The first kappa shape index (κ1) is 18.8. The van der Waals surface area contributed by atoms with Crippen LogP contribution in [-0.2, 0) is 9.53 Å². The summed E-state index contributed by atoms with van der Waals surface area (Å²) in [6.45, 7) is -0.482. The molecule has 3 aliphatic heterocycles. The molecule has 5 aliphatic rings. The van der Waals surface area contributed by atoms with Gasteiger partial charge in [-0.3, -0.25) is 9.59 Å². The summed E-state index contributed by atoms with van der Waals surface area (Å²) in [4.78, 5) is 26.2. The molecule has 9 heteroatoms. The highest BCUT2D eigenvalue weighted by atomic mass is 19.2. The number of hydrogen-bond acceptors (Lipinski definition) is 3. The fourth-order valence-electron chi connectivity index (χ4n) is 5.45. The minimum absolute atomic E-state index is 0.00734. The summed E-state index contributed by atoms with van der Waals surface area (Å²) in [7, 11) is 0. The van der Waals surface area contributed by atoms with Crippen molar-refractivity contribution in [1.29, 1.82) is 0 Å². The number of hydrogen-bond donors (Lipinski definition) is 1. The molecule has 6 rings (SSSR count). The zero-order valence-electron chi connectivity index (χ0n) is 15.5. The number of benzene rings is 1. The third-order valence-electron chi connectivity index (χ3n) is 6.67. The number of rotatable bonds is 3. The number of carbonyl (C=O) groups is 2. The fourth-order valence-corrected chi connectivity index (χ4v) is 5.45. The van der Waals surface area contributed by atoms with Gasteiger partial charge in [0.1, 0.15) is 5.60 Å². The number of nitrogens with zero attached hydrogens (tertiary/aromatic N) is 1. The lowest BCUT2D eigenvalue weighted by Crippen LogP contribution is -2.60. The van der Waals surface area contributed by atoms with Crippen molar-refractivity contribution in [3.8, 4) is 0 Å². The Morgan fingerprint density at radius 3 is 2.31 bits per heavy atom. The quantitative estimate of drug-likeness (QED) is 0.612. The van der Waals surface area contributed by atoms with Crippen molar-refractivity contribution < 1.29 is 31.9 Å². The lowest BCUT2D eigenvalue weighted by molar-refractivity contribution is -0.215. The van der Waals surface area contributed by atoms with Gasteiger partial charge in [0.25, 0.3) is 11.8 Å². The number of nitrogens with one attached hydrogen (secondary N) is 1. The Morgan fingerprint density at radius 2 is 1.72 bits per heavy atom. The molecule has 5 nitrogen and oxygen atoms in total. The van der Waals surface area contributed by atoms with Gasteiger partial charge in [0.15, 0.2) is 17.8 Å². The molecule has 3 heterocycles. The van der Waals surface area contributed by atoms with Crippen LogP contribution in [0.5, 0.6) is 0 Å². The van der Waals surface area contributed by atoms with Crippen LogP contribution in [0.15, 0.2) is 12.1 Å². The highest BCUT2D eigenvalue weighted by molar-refractivity contribution is 6.06. The number of likely N-dealkylation sites (tertiary alicyclic amines) is 1. The molecule has 1 aromatic rings. The first-order valence-electron chi connectivity index (χ1n) is 9.83. The molecular formula is C20H20F4N2O3. The summed E-state index contributed by atoms with van der Waals surface area (Å²) < 4.78 is 60.4. The van der Waals surface area contributed by atoms with Crippen molar-refractivity contribution in [2.45, 2.75) is 56.3 Å². The average molecular weight is 412 g/mol. The van der Waals surface area contributed by atoms with Crippen LogP contribution >= 0.6 is 0 Å². The number of ether oxygens (including phenoxy) is 1. The topological polar surface area (TPSA) is 58.6 Å². The van der Waals surface area contributed by atoms with Crippen molar-refractivity contribution in [2.75, 3.05) is 11.9 Å². The second-order valence-electron chi connectivity index (χ2n) is 8.69. The van der Waals surface area contributed by atoms with E-state index < -0.39 is 53.6 Å². The van der Waals surface area contributed by atoms with Crippen molar-refractivity contribution >= 4 is 17.5 Å². The maximum atomic E-state index is 13.9. The standard InChI is InChI=1S/C20H20F4N2O3/c21-13-4-12(18(27)26-8-15(23)17(26)24)16(5-14(13)22)25-19(28)20-6-9-1-10(7-20)3-11(2-9)29-20/h4-5,9-11,15,17H,1-3,6-8H2,(H,25,28). The highest BCUT2D eigenvalue weighted by Crippen LogP contribution is 2.53. The lowest BCUT2D eigenvalue weighted by Gasteiger charge is -2.55. The molecule has 5 fully saturated rings. The van der Waals surface area contributed by atoms with E-state index in [-0.39, 0.29) is 11.8 Å². The van der Waals surface area contributed by atoms with Gasteiger partial charge in [-0.15, -0.1) is 0 Å². The summed E-state index contributed by atoms with van der Waals surface area (Å²) in [5, 5.41) is 2.51. The van der Waals surface area contributed by atoms with E-state index in [1.807, 2.05) is 0 Å². The maximum Gasteiger partial charge on any atom is 0.258 e. The van der Waals surface area contributed by atoms with E-state index in [0.717, 1.165) is 19.3 Å². The van der Waals surface area contributed by atoms with Crippen LogP contribution in [0, 0.1) is 23.5 Å². The first-order chi connectivity index (χ1) is 13.8. The lowest BCUT2D eigenvalue weighted by atomic mass is 9.62. The Bertz CT molecular complexity index is 857. The van der Waals surface area contributed by atoms with Crippen LogP contribution in [0.4, 0.5) is 23.2 Å². The molecule has 29 heavy (non-hydrogen) atoms. The molecule has 2 amide bonds. The molecule has 4 atom stereocenters. The molecule has 2 aliphatic carbocycles. The van der Waals surface area contributed by atoms with E-state index in [0.29, 0.717) is 41.7 Å². The van der Waals surface area contributed by atoms with Crippen LogP contribution in [0.3, 0.4) is 0 Å². The SMILES string of the molecule is O=C(c1cc(F)c(F)cc1NC(=O)C12CC3CC(CC(C3)O1)C2)N1CC(F)C1F. The third-order valence-corrected chi connectivity index (χ3v) is 6.67. The number of amides is 2. The van der Waals surface area contributed by atoms with Gasteiger partial charge >= 0.3 is 0 Å². The summed E-state index contributed by atoms with van der Waals surface area (Å²) in [5.41, 5.74) is -1.74. The first-order valence-corrected chi connectivity index (χ1v) is 9.83. The Morgan fingerprint density at radius 1 is 1.07 bits per heavy atom. The zero-order chi connectivity index (χ0) is 20.5. The van der Waals surface area contributed by atoms with Crippen molar-refractivity contribution in [3.63, 3.8) is 0 Å². The van der Waals surface area contributed by atoms with Crippen LogP contribution in [0.2, 0.25) is 0 Å². The normalized spacial score (nSPS) is 37.4. The van der Waals surface area contributed by atoms with Crippen LogP contribution in [-0.4, -0.2) is 47.4 Å². The Balaban J connectivity index is 1.43. The van der Waals surface area contributed by atoms with Gasteiger partial charge in [-0.25, -0.2) is 17.6 Å². The van der Waals surface area contributed by atoms with Gasteiger partial charge < -0.3 is 15.0 Å². The maximum absolute atomic E-state index is 13.9. The van der Waals surface area contributed by atoms with E-state index in [9.17, 15) is 27.2 Å². The van der Waals surface area contributed by atoms with Crippen molar-refractivity contribution in [1.82, 2.24) is 4.90 Å². The van der Waals surface area contributed by atoms with Gasteiger partial charge in [-0.1, -0.05) is 0 Å². The Labute approximate surface area is 164 Å². The molecule has 1 N–H and O–H groups in total. The van der Waals surface area contributed by atoms with Crippen LogP contribution in [0.25, 0.3) is 0 Å². The van der Waals surface area contributed by atoms with Gasteiger partial charge in [0.05, 0.1) is 23.9 Å². The summed E-state index contributed by atoms with van der Waals surface area (Å²) in [6, 6.07) is 1.30. The Hall–Kier alpha value is -2.16. The average Bonchev–Trinajstić information content (AvgIpc) is 2.66. The largest absolute Gasteiger partial charge is 0.362 e. The molecule has 4 bridgehead atoms. The fraction of sp³-hybridized carbons (Fsp3) is 0.600. The predicted octanol–water partition coefficient (Wildman–Crippen LogP) is 3.34. The van der Waals surface area contributed by atoms with Gasteiger partial charge in [0.2, 0.25) is 6.30 Å². The van der Waals surface area contributed by atoms with Gasteiger partial charge in [0, 0.05) is 6.07 Å². The van der Waals surface area contributed by atoms with E-state index in [1.54, 1.807) is 0 Å². The monoisotopic (exact) mass is 412 g/mol. The second-order valence-corrected chi connectivity index (χ2v) is 8.69. The molecular weight excluding hydrogens is 392 g/mol. The van der Waals surface area contributed by atoms with E-state index in [4.69, 9.17) is 4.74 Å². The molecule has 0 aromatic heterocycles. The molecule has 2 saturated carbocycles.